The molecule has 19 heavy (non-hydrogen) atoms. The largest absolute Gasteiger partial charge is 0.308 e. The normalized spacial score (nSPS) is 19.3. The van der Waals surface area contributed by atoms with Crippen LogP contribution in [0.15, 0.2) is 18.2 Å². The highest BCUT2D eigenvalue weighted by molar-refractivity contribution is 6.42. The van der Waals surface area contributed by atoms with Crippen LogP contribution >= 0.6 is 23.2 Å². The minimum Gasteiger partial charge on any atom is -0.308 e. The molecule has 0 amide bonds. The van der Waals surface area contributed by atoms with Crippen molar-refractivity contribution in [2.75, 3.05) is 20.6 Å². The van der Waals surface area contributed by atoms with Crippen LogP contribution in [0, 0.1) is 0 Å². The molecule has 2 rings (SSSR count). The highest BCUT2D eigenvalue weighted by Gasteiger charge is 2.38. The number of hydrogen-bond donors (Lipinski definition) is 1. The van der Waals surface area contributed by atoms with Crippen molar-refractivity contribution >= 4 is 23.2 Å². The number of rotatable bonds is 5. The Labute approximate surface area is 126 Å². The minimum absolute atomic E-state index is 0.212. The third-order valence-corrected chi connectivity index (χ3v) is 5.25. The lowest BCUT2D eigenvalue weighted by Gasteiger charge is -2.48. The summed E-state index contributed by atoms with van der Waals surface area (Å²) in [5.74, 6) is 0. The maximum atomic E-state index is 6.27. The van der Waals surface area contributed by atoms with Gasteiger partial charge in [-0.1, -0.05) is 35.3 Å². The van der Waals surface area contributed by atoms with Gasteiger partial charge >= 0.3 is 0 Å². The van der Waals surface area contributed by atoms with Gasteiger partial charge in [-0.05, 0) is 51.9 Å². The van der Waals surface area contributed by atoms with Crippen molar-refractivity contribution < 1.29 is 0 Å². The second kappa shape index (κ2) is 6.01. The van der Waals surface area contributed by atoms with E-state index in [4.69, 9.17) is 23.2 Å². The van der Waals surface area contributed by atoms with E-state index in [9.17, 15) is 0 Å². The molecule has 2 nitrogen and oxygen atoms in total. The molecule has 1 aromatic carbocycles. The summed E-state index contributed by atoms with van der Waals surface area (Å²) >= 11 is 12.3. The smallest absolute Gasteiger partial charge is 0.0639 e. The summed E-state index contributed by atoms with van der Waals surface area (Å²) in [4.78, 5) is 2.34. The zero-order chi connectivity index (χ0) is 14.0. The predicted octanol–water partition coefficient (Wildman–Crippen LogP) is 4.13. The first-order valence-electron chi connectivity index (χ1n) is 6.81. The number of halogens is 2. The highest BCUT2D eigenvalue weighted by atomic mass is 35.5. The molecular formula is C15H22Cl2N2. The van der Waals surface area contributed by atoms with Crippen LogP contribution < -0.4 is 5.32 Å². The number of nitrogens with one attached hydrogen (secondary N) is 1. The molecule has 1 saturated carbocycles. The molecule has 0 aliphatic heterocycles. The van der Waals surface area contributed by atoms with Gasteiger partial charge < -0.3 is 10.2 Å². The third-order valence-electron chi connectivity index (χ3n) is 4.42. The third kappa shape index (κ3) is 3.08. The Morgan fingerprint density at radius 3 is 2.53 bits per heavy atom. The lowest BCUT2D eigenvalue weighted by atomic mass is 9.75. The van der Waals surface area contributed by atoms with E-state index >= 15 is 0 Å². The predicted molar refractivity (Wildman–Crippen MR) is 83.1 cm³/mol. The molecular weight excluding hydrogens is 279 g/mol. The topological polar surface area (TPSA) is 15.3 Å². The molecule has 1 unspecified atom stereocenters. The fourth-order valence-corrected chi connectivity index (χ4v) is 3.15. The van der Waals surface area contributed by atoms with Gasteiger partial charge in [0.1, 0.15) is 0 Å². The van der Waals surface area contributed by atoms with Gasteiger partial charge in [0.2, 0.25) is 0 Å². The van der Waals surface area contributed by atoms with Crippen LogP contribution in [-0.2, 0) is 0 Å². The molecule has 0 bridgehead atoms. The standard InChI is InChI=1S/C15H22Cl2N2/c1-11(12-6-4-7-13(16)14(12)17)18-10-15(19(2)3)8-5-9-15/h4,6-7,11,18H,5,8-10H2,1-3H3. The Kier molecular flexibility index (Phi) is 4.78. The first-order chi connectivity index (χ1) is 8.96. The van der Waals surface area contributed by atoms with Crippen LogP contribution in [0.25, 0.3) is 0 Å². The molecule has 0 aromatic heterocycles. The fourth-order valence-electron chi connectivity index (χ4n) is 2.67. The number of hydrogen-bond acceptors (Lipinski definition) is 2. The maximum Gasteiger partial charge on any atom is 0.0639 e. The lowest BCUT2D eigenvalue weighted by molar-refractivity contribution is 0.0576. The summed E-state index contributed by atoms with van der Waals surface area (Å²) in [6, 6.07) is 6.03. The molecule has 0 saturated heterocycles. The van der Waals surface area contributed by atoms with E-state index < -0.39 is 0 Å². The van der Waals surface area contributed by atoms with E-state index in [1.54, 1.807) is 0 Å². The molecule has 0 heterocycles. The summed E-state index contributed by atoms with van der Waals surface area (Å²) in [6.07, 6.45) is 3.86. The van der Waals surface area contributed by atoms with Crippen LogP contribution in [0.2, 0.25) is 10.0 Å². The van der Waals surface area contributed by atoms with Gasteiger partial charge in [-0.2, -0.15) is 0 Å². The van der Waals surface area contributed by atoms with Crippen molar-refractivity contribution in [3.8, 4) is 0 Å². The van der Waals surface area contributed by atoms with E-state index in [2.05, 4.69) is 31.2 Å². The molecule has 1 aliphatic carbocycles. The monoisotopic (exact) mass is 300 g/mol. The summed E-state index contributed by atoms with van der Waals surface area (Å²) in [6.45, 7) is 3.13. The lowest BCUT2D eigenvalue weighted by Crippen LogP contribution is -2.56. The molecule has 1 fully saturated rings. The maximum absolute atomic E-state index is 6.27. The van der Waals surface area contributed by atoms with E-state index in [1.807, 2.05) is 18.2 Å². The summed E-state index contributed by atoms with van der Waals surface area (Å²) in [7, 11) is 4.33. The molecule has 1 aliphatic rings. The Hall–Kier alpha value is -0.280. The van der Waals surface area contributed by atoms with Crippen molar-refractivity contribution in [1.29, 1.82) is 0 Å². The van der Waals surface area contributed by atoms with Crippen molar-refractivity contribution in [2.24, 2.45) is 0 Å². The molecule has 106 valence electrons. The van der Waals surface area contributed by atoms with Crippen molar-refractivity contribution in [3.05, 3.63) is 33.8 Å². The highest BCUT2D eigenvalue weighted by Crippen LogP contribution is 2.36. The second-order valence-electron chi connectivity index (χ2n) is 5.72. The molecule has 1 aromatic rings. The molecule has 4 heteroatoms. The molecule has 0 spiro atoms. The molecule has 1 N–H and O–H groups in total. The summed E-state index contributed by atoms with van der Waals surface area (Å²) in [5.41, 5.74) is 1.39. The zero-order valence-corrected chi connectivity index (χ0v) is 13.4. The van der Waals surface area contributed by atoms with Crippen LogP contribution in [0.4, 0.5) is 0 Å². The summed E-state index contributed by atoms with van der Waals surface area (Å²) < 4.78 is 0. The zero-order valence-electron chi connectivity index (χ0n) is 11.8. The van der Waals surface area contributed by atoms with E-state index in [-0.39, 0.29) is 6.04 Å². The first-order valence-corrected chi connectivity index (χ1v) is 7.56. The average molecular weight is 301 g/mol. The van der Waals surface area contributed by atoms with Gasteiger partial charge in [0.25, 0.3) is 0 Å². The second-order valence-corrected chi connectivity index (χ2v) is 6.50. The number of nitrogens with zero attached hydrogens (tertiary/aromatic N) is 1. The Morgan fingerprint density at radius 2 is 2.00 bits per heavy atom. The Balaban J connectivity index is 2.01. The van der Waals surface area contributed by atoms with E-state index in [1.165, 1.54) is 19.3 Å². The van der Waals surface area contributed by atoms with Gasteiger partial charge in [0, 0.05) is 18.1 Å². The van der Waals surface area contributed by atoms with Gasteiger partial charge in [-0.25, -0.2) is 0 Å². The summed E-state index contributed by atoms with van der Waals surface area (Å²) in [5, 5.41) is 4.89. The van der Waals surface area contributed by atoms with Crippen LogP contribution in [0.5, 0.6) is 0 Å². The van der Waals surface area contributed by atoms with Crippen LogP contribution in [0.3, 0.4) is 0 Å². The van der Waals surface area contributed by atoms with Crippen LogP contribution in [-0.4, -0.2) is 31.1 Å². The van der Waals surface area contributed by atoms with E-state index in [0.717, 1.165) is 12.1 Å². The van der Waals surface area contributed by atoms with E-state index in [0.29, 0.717) is 15.6 Å². The van der Waals surface area contributed by atoms with Gasteiger partial charge in [0.05, 0.1) is 10.0 Å². The van der Waals surface area contributed by atoms with Crippen molar-refractivity contribution in [3.63, 3.8) is 0 Å². The van der Waals surface area contributed by atoms with Gasteiger partial charge in [-0.3, -0.25) is 0 Å². The van der Waals surface area contributed by atoms with Gasteiger partial charge in [0.15, 0.2) is 0 Å². The number of benzene rings is 1. The minimum atomic E-state index is 0.212. The quantitative estimate of drug-likeness (QED) is 0.879. The average Bonchev–Trinajstić information content (AvgIpc) is 2.30. The SMILES string of the molecule is CC(NCC1(N(C)C)CCC1)c1cccc(Cl)c1Cl. The Bertz CT molecular complexity index is 442. The van der Waals surface area contributed by atoms with Crippen molar-refractivity contribution in [2.45, 2.75) is 37.8 Å². The fraction of sp³-hybridized carbons (Fsp3) is 0.600. The van der Waals surface area contributed by atoms with Crippen LogP contribution in [0.1, 0.15) is 37.8 Å². The molecule has 0 radical (unpaired) electrons. The molecule has 1 atom stereocenters. The van der Waals surface area contributed by atoms with Crippen molar-refractivity contribution in [1.82, 2.24) is 10.2 Å². The first kappa shape index (κ1) is 15.1. The van der Waals surface area contributed by atoms with Gasteiger partial charge in [-0.15, -0.1) is 0 Å². The Morgan fingerprint density at radius 1 is 1.32 bits per heavy atom. The number of likely N-dealkylation sites (N-methyl/N-ethyl adjacent to an activating group) is 1.